The minimum atomic E-state index is -1.17. The average molecular weight is 317 g/mol. The molecule has 0 bridgehead atoms. The van der Waals surface area contributed by atoms with Crippen molar-refractivity contribution in [1.29, 1.82) is 0 Å². The van der Waals surface area contributed by atoms with Gasteiger partial charge in [0.2, 0.25) is 0 Å². The number of aliphatic carboxylic acids is 1. The lowest BCUT2D eigenvalue weighted by Crippen LogP contribution is -2.59. The molecule has 3 rings (SSSR count). The number of hydrogen-bond acceptors (Lipinski definition) is 3. The van der Waals surface area contributed by atoms with Crippen molar-refractivity contribution < 1.29 is 19.1 Å². The highest BCUT2D eigenvalue weighted by atomic mass is 19.1. The standard InChI is InChI=1S/C16H16FN3O3/c1-10-9-11(17)3-4-13(10)20-8-5-12(19-20)14(21)18-16(15(22)23)6-2-7-16/h3-5,8-9H,2,6-7H2,1H3,(H,18,21)(H,22,23). The van der Waals surface area contributed by atoms with Gasteiger partial charge in [-0.05, 0) is 56.0 Å². The molecule has 2 N–H and O–H groups in total. The number of aromatic nitrogens is 2. The zero-order valence-corrected chi connectivity index (χ0v) is 12.5. The average Bonchev–Trinajstić information content (AvgIpc) is 2.91. The summed E-state index contributed by atoms with van der Waals surface area (Å²) < 4.78 is 14.6. The molecule has 1 aromatic heterocycles. The number of halogens is 1. The van der Waals surface area contributed by atoms with Crippen LogP contribution in [-0.4, -0.2) is 32.3 Å². The van der Waals surface area contributed by atoms with Gasteiger partial charge in [0.05, 0.1) is 5.69 Å². The van der Waals surface area contributed by atoms with Crippen LogP contribution in [0.3, 0.4) is 0 Å². The van der Waals surface area contributed by atoms with Crippen LogP contribution in [0.5, 0.6) is 0 Å². The Morgan fingerprint density at radius 1 is 1.35 bits per heavy atom. The molecule has 2 aromatic rings. The Labute approximate surface area is 131 Å². The van der Waals surface area contributed by atoms with Crippen LogP contribution in [0.15, 0.2) is 30.5 Å². The molecule has 0 atom stereocenters. The van der Waals surface area contributed by atoms with Crippen molar-refractivity contribution in [3.05, 3.63) is 47.5 Å². The first-order chi connectivity index (χ1) is 10.9. The van der Waals surface area contributed by atoms with Crippen LogP contribution in [0, 0.1) is 12.7 Å². The second-order valence-electron chi connectivity index (χ2n) is 5.77. The van der Waals surface area contributed by atoms with E-state index in [0.29, 0.717) is 24.1 Å². The van der Waals surface area contributed by atoms with Crippen LogP contribution in [-0.2, 0) is 4.79 Å². The monoisotopic (exact) mass is 317 g/mol. The smallest absolute Gasteiger partial charge is 0.329 e. The highest BCUT2D eigenvalue weighted by Crippen LogP contribution is 2.32. The Balaban J connectivity index is 1.81. The van der Waals surface area contributed by atoms with E-state index in [1.807, 2.05) is 0 Å². The molecule has 7 heteroatoms. The fraction of sp³-hybridized carbons (Fsp3) is 0.312. The zero-order chi connectivity index (χ0) is 16.6. The Morgan fingerprint density at radius 3 is 2.65 bits per heavy atom. The predicted molar refractivity (Wildman–Crippen MR) is 79.9 cm³/mol. The maximum atomic E-state index is 13.2. The fourth-order valence-corrected chi connectivity index (χ4v) is 2.66. The van der Waals surface area contributed by atoms with Gasteiger partial charge in [-0.25, -0.2) is 13.9 Å². The Morgan fingerprint density at radius 2 is 2.09 bits per heavy atom. The number of carboxylic acid groups (broad SMARTS) is 1. The van der Waals surface area contributed by atoms with E-state index in [2.05, 4.69) is 10.4 Å². The summed E-state index contributed by atoms with van der Waals surface area (Å²) in [4.78, 5) is 23.5. The molecule has 0 radical (unpaired) electrons. The van der Waals surface area contributed by atoms with Crippen molar-refractivity contribution in [3.8, 4) is 5.69 Å². The number of rotatable bonds is 4. The summed E-state index contributed by atoms with van der Waals surface area (Å²) >= 11 is 0. The lowest BCUT2D eigenvalue weighted by Gasteiger charge is -2.37. The maximum absolute atomic E-state index is 13.2. The van der Waals surface area contributed by atoms with Gasteiger partial charge in [-0.3, -0.25) is 4.79 Å². The maximum Gasteiger partial charge on any atom is 0.329 e. The van der Waals surface area contributed by atoms with E-state index >= 15 is 0 Å². The highest BCUT2D eigenvalue weighted by Gasteiger charge is 2.46. The quantitative estimate of drug-likeness (QED) is 0.904. The van der Waals surface area contributed by atoms with Crippen molar-refractivity contribution >= 4 is 11.9 Å². The third-order valence-electron chi connectivity index (χ3n) is 4.20. The third-order valence-corrected chi connectivity index (χ3v) is 4.20. The number of carboxylic acids is 1. The molecule has 0 spiro atoms. The van der Waals surface area contributed by atoms with E-state index in [4.69, 9.17) is 0 Å². The van der Waals surface area contributed by atoms with E-state index < -0.39 is 17.4 Å². The normalized spacial score (nSPS) is 15.7. The van der Waals surface area contributed by atoms with Gasteiger partial charge in [0.25, 0.3) is 5.91 Å². The number of carbonyl (C=O) groups is 2. The number of carbonyl (C=O) groups excluding carboxylic acids is 1. The number of nitrogens with zero attached hydrogens (tertiary/aromatic N) is 2. The molecule has 1 aromatic carbocycles. The van der Waals surface area contributed by atoms with Gasteiger partial charge in [-0.1, -0.05) is 0 Å². The molecule has 0 unspecified atom stereocenters. The van der Waals surface area contributed by atoms with Crippen LogP contribution in [0.2, 0.25) is 0 Å². The van der Waals surface area contributed by atoms with Crippen molar-refractivity contribution in [2.24, 2.45) is 0 Å². The SMILES string of the molecule is Cc1cc(F)ccc1-n1ccc(C(=O)NC2(C(=O)O)CCC2)n1. The minimum Gasteiger partial charge on any atom is -0.480 e. The number of amides is 1. The fourth-order valence-electron chi connectivity index (χ4n) is 2.66. The van der Waals surface area contributed by atoms with Crippen LogP contribution in [0.4, 0.5) is 4.39 Å². The molecule has 120 valence electrons. The predicted octanol–water partition coefficient (Wildman–Crippen LogP) is 2.06. The molecule has 1 aliphatic rings. The zero-order valence-electron chi connectivity index (χ0n) is 12.5. The van der Waals surface area contributed by atoms with E-state index in [1.165, 1.54) is 22.9 Å². The van der Waals surface area contributed by atoms with Gasteiger partial charge in [0.1, 0.15) is 11.4 Å². The number of benzene rings is 1. The first-order valence-corrected chi connectivity index (χ1v) is 7.29. The second-order valence-corrected chi connectivity index (χ2v) is 5.77. The molecule has 0 saturated heterocycles. The summed E-state index contributed by atoms with van der Waals surface area (Å²) in [5.41, 5.74) is 0.288. The van der Waals surface area contributed by atoms with Crippen molar-refractivity contribution in [1.82, 2.24) is 15.1 Å². The van der Waals surface area contributed by atoms with Gasteiger partial charge in [0, 0.05) is 6.20 Å². The first kappa shape index (κ1) is 15.2. The second kappa shape index (κ2) is 5.49. The van der Waals surface area contributed by atoms with Crippen molar-refractivity contribution in [2.75, 3.05) is 0 Å². The molecule has 23 heavy (non-hydrogen) atoms. The third kappa shape index (κ3) is 2.69. The summed E-state index contributed by atoms with van der Waals surface area (Å²) in [6.45, 7) is 1.74. The molecule has 1 fully saturated rings. The van der Waals surface area contributed by atoms with Gasteiger partial charge in [-0.2, -0.15) is 5.10 Å². The molecular weight excluding hydrogens is 301 g/mol. The summed E-state index contributed by atoms with van der Waals surface area (Å²) in [7, 11) is 0. The summed E-state index contributed by atoms with van der Waals surface area (Å²) in [6, 6.07) is 5.78. The van der Waals surface area contributed by atoms with Gasteiger partial charge >= 0.3 is 5.97 Å². The summed E-state index contributed by atoms with van der Waals surface area (Å²) in [6.07, 6.45) is 3.21. The van der Waals surface area contributed by atoms with Crippen molar-refractivity contribution in [3.63, 3.8) is 0 Å². The topological polar surface area (TPSA) is 84.2 Å². The molecule has 1 aliphatic carbocycles. The molecular formula is C16H16FN3O3. The summed E-state index contributed by atoms with van der Waals surface area (Å²) in [5.74, 6) is -1.89. The first-order valence-electron chi connectivity index (χ1n) is 7.29. The highest BCUT2D eigenvalue weighted by molar-refractivity contribution is 5.96. The Kier molecular flexibility index (Phi) is 3.63. The van der Waals surface area contributed by atoms with E-state index in [9.17, 15) is 19.1 Å². The Hall–Kier alpha value is -2.70. The van der Waals surface area contributed by atoms with E-state index in [1.54, 1.807) is 19.2 Å². The van der Waals surface area contributed by atoms with Gasteiger partial charge < -0.3 is 10.4 Å². The number of nitrogens with one attached hydrogen (secondary N) is 1. The van der Waals surface area contributed by atoms with Crippen LogP contribution < -0.4 is 5.32 Å². The number of hydrogen-bond donors (Lipinski definition) is 2. The van der Waals surface area contributed by atoms with Crippen LogP contribution in [0.1, 0.15) is 35.3 Å². The van der Waals surface area contributed by atoms with Crippen LogP contribution in [0.25, 0.3) is 5.69 Å². The minimum absolute atomic E-state index is 0.126. The van der Waals surface area contributed by atoms with Crippen LogP contribution >= 0.6 is 0 Å². The molecule has 6 nitrogen and oxygen atoms in total. The molecule has 1 saturated carbocycles. The molecule has 1 heterocycles. The number of aryl methyl sites for hydroxylation is 1. The van der Waals surface area contributed by atoms with E-state index in [0.717, 1.165) is 6.42 Å². The van der Waals surface area contributed by atoms with Gasteiger partial charge in [0.15, 0.2) is 5.69 Å². The Bertz CT molecular complexity index is 781. The summed E-state index contributed by atoms with van der Waals surface area (Å²) in [5, 5.41) is 16.0. The van der Waals surface area contributed by atoms with Crippen molar-refractivity contribution in [2.45, 2.75) is 31.7 Å². The molecule has 1 amide bonds. The molecule has 0 aliphatic heterocycles. The van der Waals surface area contributed by atoms with Gasteiger partial charge in [-0.15, -0.1) is 0 Å². The lowest BCUT2D eigenvalue weighted by molar-refractivity contribution is -0.148. The lowest BCUT2D eigenvalue weighted by atomic mass is 9.76. The largest absolute Gasteiger partial charge is 0.480 e. The van der Waals surface area contributed by atoms with E-state index in [-0.39, 0.29) is 11.5 Å².